The van der Waals surface area contributed by atoms with Crippen molar-refractivity contribution in [2.24, 2.45) is 0 Å². The molecule has 0 spiro atoms. The summed E-state index contributed by atoms with van der Waals surface area (Å²) in [6.07, 6.45) is 1.81. The van der Waals surface area contributed by atoms with Gasteiger partial charge in [-0.15, -0.1) is 0 Å². The van der Waals surface area contributed by atoms with Crippen molar-refractivity contribution >= 4 is 44.6 Å². The van der Waals surface area contributed by atoms with Crippen molar-refractivity contribution in [2.45, 2.75) is 31.3 Å². The van der Waals surface area contributed by atoms with Crippen molar-refractivity contribution in [1.29, 1.82) is 0 Å². The number of amides is 1. The molecular weight excluding hydrogens is 474 g/mol. The zero-order valence-electron chi connectivity index (χ0n) is 18.8. The third kappa shape index (κ3) is 5.44. The third-order valence-corrected chi connectivity index (χ3v) is 6.29. The first-order valence-corrected chi connectivity index (χ1v) is 12.0. The number of aryl methyl sites for hydroxylation is 1. The van der Waals surface area contributed by atoms with Gasteiger partial charge in [0.25, 0.3) is 15.9 Å². The van der Waals surface area contributed by atoms with Crippen LogP contribution in [0.1, 0.15) is 29.4 Å². The molecule has 0 fully saturated rings. The highest BCUT2D eigenvalue weighted by molar-refractivity contribution is 7.92. The van der Waals surface area contributed by atoms with Gasteiger partial charge in [0.1, 0.15) is 5.52 Å². The minimum absolute atomic E-state index is 0.0419. The Morgan fingerprint density at radius 2 is 1.86 bits per heavy atom. The summed E-state index contributed by atoms with van der Waals surface area (Å²) in [4.78, 5) is 37.2. The Morgan fingerprint density at radius 1 is 1.09 bits per heavy atom. The predicted octanol–water partition coefficient (Wildman–Crippen LogP) is 3.30. The van der Waals surface area contributed by atoms with Gasteiger partial charge in [0.05, 0.1) is 10.5 Å². The summed E-state index contributed by atoms with van der Waals surface area (Å²) in [5.74, 6) is -1.32. The number of fused-ring (bicyclic) bond motifs is 1. The number of esters is 1. The van der Waals surface area contributed by atoms with Crippen LogP contribution in [0.3, 0.4) is 0 Å². The number of para-hydroxylation sites is 1. The van der Waals surface area contributed by atoms with Crippen LogP contribution in [0.25, 0.3) is 11.1 Å². The summed E-state index contributed by atoms with van der Waals surface area (Å²) >= 11 is 0. The fourth-order valence-corrected chi connectivity index (χ4v) is 4.13. The molecule has 0 aliphatic carbocycles. The second-order valence-electron chi connectivity index (χ2n) is 7.45. The highest BCUT2D eigenvalue weighted by Gasteiger charge is 2.24. The maximum absolute atomic E-state index is 12.7. The van der Waals surface area contributed by atoms with Gasteiger partial charge >= 0.3 is 5.97 Å². The normalized spacial score (nSPS) is 12.2. The Labute approximate surface area is 200 Å². The summed E-state index contributed by atoms with van der Waals surface area (Å²) in [7, 11) is -3.93. The van der Waals surface area contributed by atoms with Crippen LogP contribution in [-0.2, 0) is 19.6 Å². The number of rotatable bonds is 8. The maximum atomic E-state index is 12.7. The van der Waals surface area contributed by atoms with Gasteiger partial charge in [0, 0.05) is 17.6 Å². The fraction of sp³-hybridized carbons (Fsp3) is 0.174. The van der Waals surface area contributed by atoms with Crippen molar-refractivity contribution in [3.05, 3.63) is 72.4 Å². The van der Waals surface area contributed by atoms with E-state index in [0.29, 0.717) is 22.5 Å². The van der Waals surface area contributed by atoms with Gasteiger partial charge in [-0.1, -0.05) is 13.0 Å². The van der Waals surface area contributed by atoms with Crippen LogP contribution >= 0.6 is 0 Å². The molecule has 4 rings (SSSR count). The second kappa shape index (κ2) is 9.89. The fourth-order valence-electron chi connectivity index (χ4n) is 3.18. The van der Waals surface area contributed by atoms with Crippen molar-refractivity contribution in [3.8, 4) is 0 Å². The summed E-state index contributed by atoms with van der Waals surface area (Å²) in [5, 5.41) is 2.63. The molecule has 2 aromatic heterocycles. The van der Waals surface area contributed by atoms with Crippen LogP contribution in [-0.4, -0.2) is 41.4 Å². The standard InChI is InChI=1S/C23H21N5O6S/c1-3-18(34-22(30)17-5-4-6-19-20(17)25-13-33-19)21(29)27-15-7-9-16(10-8-15)35(31,32)28-23-24-12-11-14(2)26-23/h4-13,18H,3H2,1-2H3,(H,27,29)(H,24,26,28). The molecule has 180 valence electrons. The Bertz CT molecular complexity index is 1480. The number of carbonyl (C=O) groups is 2. The Morgan fingerprint density at radius 3 is 2.57 bits per heavy atom. The third-order valence-electron chi connectivity index (χ3n) is 4.95. The van der Waals surface area contributed by atoms with Crippen LogP contribution < -0.4 is 10.0 Å². The van der Waals surface area contributed by atoms with Gasteiger partial charge in [-0.2, -0.15) is 0 Å². The molecule has 0 radical (unpaired) electrons. The lowest BCUT2D eigenvalue weighted by atomic mass is 10.2. The number of carbonyl (C=O) groups excluding carboxylic acids is 2. The Kier molecular flexibility index (Phi) is 6.73. The van der Waals surface area contributed by atoms with E-state index in [0.717, 1.165) is 0 Å². The smallest absolute Gasteiger partial charge is 0.341 e. The largest absolute Gasteiger partial charge is 0.449 e. The topological polar surface area (TPSA) is 153 Å². The minimum Gasteiger partial charge on any atom is -0.449 e. The lowest BCUT2D eigenvalue weighted by Gasteiger charge is -2.16. The number of nitrogens with zero attached hydrogens (tertiary/aromatic N) is 3. The van der Waals surface area contributed by atoms with E-state index in [1.165, 1.54) is 42.9 Å². The first-order chi connectivity index (χ1) is 16.8. The van der Waals surface area contributed by atoms with E-state index in [9.17, 15) is 18.0 Å². The van der Waals surface area contributed by atoms with Gasteiger partial charge in [-0.05, 0) is 55.8 Å². The number of aromatic nitrogens is 3. The molecule has 35 heavy (non-hydrogen) atoms. The molecule has 0 aliphatic heterocycles. The van der Waals surface area contributed by atoms with Crippen LogP contribution in [0.15, 0.2) is 70.4 Å². The summed E-state index contributed by atoms with van der Waals surface area (Å²) < 4.78 is 38.1. The SMILES string of the molecule is CCC(OC(=O)c1cccc2ocnc12)C(=O)Nc1ccc(S(=O)(=O)Nc2nccc(C)n2)cc1. The Balaban J connectivity index is 1.42. The van der Waals surface area contributed by atoms with Gasteiger partial charge in [0.2, 0.25) is 5.95 Å². The monoisotopic (exact) mass is 495 g/mol. The number of ether oxygens (including phenoxy) is 1. The molecule has 2 aromatic carbocycles. The van der Waals surface area contributed by atoms with Crippen LogP contribution in [0.5, 0.6) is 0 Å². The van der Waals surface area contributed by atoms with E-state index in [1.54, 1.807) is 32.0 Å². The van der Waals surface area contributed by atoms with Gasteiger partial charge in [-0.25, -0.2) is 32.9 Å². The van der Waals surface area contributed by atoms with Gasteiger partial charge < -0.3 is 14.5 Å². The highest BCUT2D eigenvalue weighted by atomic mass is 32.2. The number of benzene rings is 2. The number of hydrogen-bond donors (Lipinski definition) is 2. The molecule has 1 amide bonds. The van der Waals surface area contributed by atoms with Crippen molar-refractivity contribution in [3.63, 3.8) is 0 Å². The molecule has 4 aromatic rings. The van der Waals surface area contributed by atoms with Crippen molar-refractivity contribution < 1.29 is 27.2 Å². The van der Waals surface area contributed by atoms with Gasteiger partial charge in [0.15, 0.2) is 18.1 Å². The highest BCUT2D eigenvalue weighted by Crippen LogP contribution is 2.20. The molecule has 0 aliphatic rings. The second-order valence-corrected chi connectivity index (χ2v) is 9.13. The maximum Gasteiger partial charge on any atom is 0.341 e. The van der Waals surface area contributed by atoms with Gasteiger partial charge in [-0.3, -0.25) is 4.79 Å². The lowest BCUT2D eigenvalue weighted by Crippen LogP contribution is -2.32. The van der Waals surface area contributed by atoms with Crippen LogP contribution in [0, 0.1) is 6.92 Å². The van der Waals surface area contributed by atoms with E-state index in [-0.39, 0.29) is 22.8 Å². The van der Waals surface area contributed by atoms with Crippen LogP contribution in [0.2, 0.25) is 0 Å². The molecule has 1 atom stereocenters. The molecule has 0 saturated heterocycles. The quantitative estimate of drug-likeness (QED) is 0.350. The lowest BCUT2D eigenvalue weighted by molar-refractivity contribution is -0.124. The minimum atomic E-state index is -3.93. The average Bonchev–Trinajstić information content (AvgIpc) is 3.31. The van der Waals surface area contributed by atoms with E-state index < -0.39 is 28.0 Å². The average molecular weight is 496 g/mol. The van der Waals surface area contributed by atoms with Crippen LogP contribution in [0.4, 0.5) is 11.6 Å². The van der Waals surface area contributed by atoms with E-state index in [1.807, 2.05) is 0 Å². The summed E-state index contributed by atoms with van der Waals surface area (Å²) in [6, 6.07) is 12.0. The number of oxazole rings is 1. The number of nitrogens with one attached hydrogen (secondary N) is 2. The van der Waals surface area contributed by atoms with E-state index >= 15 is 0 Å². The molecule has 11 nitrogen and oxygen atoms in total. The number of anilines is 2. The molecule has 0 saturated carbocycles. The zero-order chi connectivity index (χ0) is 25.0. The van der Waals surface area contributed by atoms with E-state index in [4.69, 9.17) is 9.15 Å². The molecule has 2 N–H and O–H groups in total. The molecular formula is C23H21N5O6S. The molecule has 1 unspecified atom stereocenters. The van der Waals surface area contributed by atoms with Crippen molar-refractivity contribution in [2.75, 3.05) is 10.0 Å². The predicted molar refractivity (Wildman–Crippen MR) is 126 cm³/mol. The Hall–Kier alpha value is -4.32. The molecule has 0 bridgehead atoms. The zero-order valence-corrected chi connectivity index (χ0v) is 19.6. The summed E-state index contributed by atoms with van der Waals surface area (Å²) in [5.41, 5.74) is 1.89. The summed E-state index contributed by atoms with van der Waals surface area (Å²) in [6.45, 7) is 3.41. The van der Waals surface area contributed by atoms with E-state index in [2.05, 4.69) is 25.0 Å². The molecule has 12 heteroatoms. The number of sulfonamides is 1. The number of hydrogen-bond acceptors (Lipinski definition) is 9. The first-order valence-electron chi connectivity index (χ1n) is 10.5. The first kappa shape index (κ1) is 23.8. The van der Waals surface area contributed by atoms with Crippen molar-refractivity contribution in [1.82, 2.24) is 15.0 Å². The molecule has 2 heterocycles.